The van der Waals surface area contributed by atoms with E-state index in [2.05, 4.69) is 21.2 Å². The first-order valence-corrected chi connectivity index (χ1v) is 8.63. The van der Waals surface area contributed by atoms with Crippen LogP contribution in [0.15, 0.2) is 46.9 Å². The summed E-state index contributed by atoms with van der Waals surface area (Å²) >= 11 is 3.51. The molecule has 24 heavy (non-hydrogen) atoms. The predicted molar refractivity (Wildman–Crippen MR) is 98.2 cm³/mol. The third-order valence-electron chi connectivity index (χ3n) is 3.46. The zero-order valence-electron chi connectivity index (χ0n) is 14.0. The molecule has 0 heterocycles. The lowest BCUT2D eigenvalue weighted by molar-refractivity contribution is -0.123. The number of nitrogens with one attached hydrogen (secondary N) is 1. The number of ether oxygens (including phenoxy) is 2. The molecule has 0 saturated heterocycles. The number of aryl methyl sites for hydroxylation is 2. The lowest BCUT2D eigenvalue weighted by Gasteiger charge is -2.10. The number of rotatable bonds is 8. The van der Waals surface area contributed by atoms with Crippen molar-refractivity contribution in [1.29, 1.82) is 0 Å². The SMILES string of the molecule is Cc1cc(OCC(=O)NCCOCc2ccccc2)cc(C)c1Br. The Morgan fingerprint density at radius 2 is 1.79 bits per heavy atom. The fourth-order valence-electron chi connectivity index (χ4n) is 2.22. The Labute approximate surface area is 151 Å². The summed E-state index contributed by atoms with van der Waals surface area (Å²) in [6.07, 6.45) is 0. The van der Waals surface area contributed by atoms with Gasteiger partial charge in [0.05, 0.1) is 13.2 Å². The molecule has 0 bridgehead atoms. The first kappa shape index (κ1) is 18.5. The second kappa shape index (κ2) is 9.45. The van der Waals surface area contributed by atoms with Gasteiger partial charge in [0.1, 0.15) is 5.75 Å². The van der Waals surface area contributed by atoms with E-state index in [-0.39, 0.29) is 12.5 Å². The van der Waals surface area contributed by atoms with E-state index in [1.165, 1.54) is 0 Å². The zero-order chi connectivity index (χ0) is 17.4. The van der Waals surface area contributed by atoms with Crippen LogP contribution < -0.4 is 10.1 Å². The summed E-state index contributed by atoms with van der Waals surface area (Å²) in [6.45, 7) is 5.47. The lowest BCUT2D eigenvalue weighted by Crippen LogP contribution is -2.31. The van der Waals surface area contributed by atoms with Gasteiger partial charge in [0.2, 0.25) is 0 Å². The van der Waals surface area contributed by atoms with Gasteiger partial charge in [-0.25, -0.2) is 0 Å². The van der Waals surface area contributed by atoms with Crippen LogP contribution in [0.4, 0.5) is 0 Å². The van der Waals surface area contributed by atoms with Gasteiger partial charge < -0.3 is 14.8 Å². The maximum atomic E-state index is 11.8. The van der Waals surface area contributed by atoms with Gasteiger partial charge in [-0.1, -0.05) is 46.3 Å². The number of halogens is 1. The number of carbonyl (C=O) groups excluding carboxylic acids is 1. The molecule has 0 atom stereocenters. The molecule has 1 amide bonds. The molecule has 2 rings (SSSR count). The van der Waals surface area contributed by atoms with Crippen LogP contribution in [0.5, 0.6) is 5.75 Å². The van der Waals surface area contributed by atoms with E-state index in [9.17, 15) is 4.79 Å². The van der Waals surface area contributed by atoms with Crippen molar-refractivity contribution < 1.29 is 14.3 Å². The van der Waals surface area contributed by atoms with Crippen molar-refractivity contribution in [1.82, 2.24) is 5.32 Å². The van der Waals surface area contributed by atoms with Crippen LogP contribution in [0.3, 0.4) is 0 Å². The van der Waals surface area contributed by atoms with E-state index >= 15 is 0 Å². The molecule has 128 valence electrons. The first-order chi connectivity index (χ1) is 11.6. The summed E-state index contributed by atoms with van der Waals surface area (Å²) in [7, 11) is 0. The smallest absolute Gasteiger partial charge is 0.258 e. The molecular weight excluding hydrogens is 370 g/mol. The first-order valence-electron chi connectivity index (χ1n) is 7.84. The van der Waals surface area contributed by atoms with Gasteiger partial charge in [0, 0.05) is 11.0 Å². The lowest BCUT2D eigenvalue weighted by atomic mass is 10.1. The van der Waals surface area contributed by atoms with Gasteiger partial charge in [-0.2, -0.15) is 0 Å². The normalized spacial score (nSPS) is 10.5. The number of benzene rings is 2. The second-order valence-electron chi connectivity index (χ2n) is 5.55. The van der Waals surface area contributed by atoms with Gasteiger partial charge in [0.25, 0.3) is 5.91 Å². The van der Waals surface area contributed by atoms with E-state index in [1.54, 1.807) is 0 Å². The average molecular weight is 392 g/mol. The van der Waals surface area contributed by atoms with E-state index in [0.717, 1.165) is 21.2 Å². The van der Waals surface area contributed by atoms with Crippen LogP contribution in [0.1, 0.15) is 16.7 Å². The Morgan fingerprint density at radius 3 is 2.46 bits per heavy atom. The minimum atomic E-state index is -0.156. The Balaban J connectivity index is 1.63. The van der Waals surface area contributed by atoms with Gasteiger partial charge in [-0.3, -0.25) is 4.79 Å². The Hall–Kier alpha value is -1.85. The molecule has 0 aliphatic heterocycles. The summed E-state index contributed by atoms with van der Waals surface area (Å²) in [4.78, 5) is 11.8. The summed E-state index contributed by atoms with van der Waals surface area (Å²) in [5, 5.41) is 2.78. The standard InChI is InChI=1S/C19H22BrNO3/c1-14-10-17(11-15(2)19(14)20)24-13-18(22)21-8-9-23-12-16-6-4-3-5-7-16/h3-7,10-11H,8-9,12-13H2,1-2H3,(H,21,22). The molecule has 0 aromatic heterocycles. The summed E-state index contributed by atoms with van der Waals surface area (Å²) < 4.78 is 12.1. The molecule has 0 fully saturated rings. The van der Waals surface area contributed by atoms with Crippen molar-refractivity contribution in [2.75, 3.05) is 19.8 Å². The fraction of sp³-hybridized carbons (Fsp3) is 0.316. The number of hydrogen-bond acceptors (Lipinski definition) is 3. The molecule has 0 unspecified atom stereocenters. The zero-order valence-corrected chi connectivity index (χ0v) is 15.6. The molecule has 0 spiro atoms. The second-order valence-corrected chi connectivity index (χ2v) is 6.34. The van der Waals surface area contributed by atoms with Crippen LogP contribution in [0.2, 0.25) is 0 Å². The largest absolute Gasteiger partial charge is 0.484 e. The van der Waals surface area contributed by atoms with Crippen molar-refractivity contribution in [2.45, 2.75) is 20.5 Å². The van der Waals surface area contributed by atoms with Crippen LogP contribution in [-0.4, -0.2) is 25.7 Å². The van der Waals surface area contributed by atoms with Crippen molar-refractivity contribution in [3.8, 4) is 5.75 Å². The highest BCUT2D eigenvalue weighted by molar-refractivity contribution is 9.10. The fourth-order valence-corrected chi connectivity index (χ4v) is 2.45. The minimum Gasteiger partial charge on any atom is -0.484 e. The minimum absolute atomic E-state index is 0.000796. The molecule has 1 N–H and O–H groups in total. The van der Waals surface area contributed by atoms with Crippen molar-refractivity contribution in [2.24, 2.45) is 0 Å². The molecule has 2 aromatic rings. The third-order valence-corrected chi connectivity index (χ3v) is 4.71. The van der Waals surface area contributed by atoms with Crippen LogP contribution >= 0.6 is 15.9 Å². The molecule has 4 nitrogen and oxygen atoms in total. The van der Waals surface area contributed by atoms with Gasteiger partial charge in [-0.15, -0.1) is 0 Å². The Morgan fingerprint density at radius 1 is 1.12 bits per heavy atom. The molecule has 0 aliphatic carbocycles. The molecule has 0 aliphatic rings. The molecular formula is C19H22BrNO3. The van der Waals surface area contributed by atoms with E-state index in [1.807, 2.05) is 56.3 Å². The monoisotopic (exact) mass is 391 g/mol. The van der Waals surface area contributed by atoms with E-state index < -0.39 is 0 Å². The quantitative estimate of drug-likeness (QED) is 0.696. The molecule has 5 heteroatoms. The number of amides is 1. The van der Waals surface area contributed by atoms with Gasteiger partial charge in [0.15, 0.2) is 6.61 Å². The van der Waals surface area contributed by atoms with Gasteiger partial charge in [-0.05, 0) is 42.7 Å². The van der Waals surface area contributed by atoms with Crippen molar-refractivity contribution in [3.63, 3.8) is 0 Å². The maximum absolute atomic E-state index is 11.8. The van der Waals surface area contributed by atoms with Crippen molar-refractivity contribution in [3.05, 3.63) is 63.6 Å². The number of hydrogen-bond donors (Lipinski definition) is 1. The van der Waals surface area contributed by atoms with Crippen LogP contribution in [0.25, 0.3) is 0 Å². The summed E-state index contributed by atoms with van der Waals surface area (Å²) in [5.41, 5.74) is 3.28. The Bertz CT molecular complexity index is 651. The summed E-state index contributed by atoms with van der Waals surface area (Å²) in [5.74, 6) is 0.542. The summed E-state index contributed by atoms with van der Waals surface area (Å²) in [6, 6.07) is 13.8. The highest BCUT2D eigenvalue weighted by Gasteiger charge is 2.06. The topological polar surface area (TPSA) is 47.6 Å². The highest BCUT2D eigenvalue weighted by Crippen LogP contribution is 2.26. The molecule has 0 saturated carbocycles. The molecule has 0 radical (unpaired) electrons. The Kier molecular flexibility index (Phi) is 7.28. The van der Waals surface area contributed by atoms with Crippen molar-refractivity contribution >= 4 is 21.8 Å². The number of carbonyl (C=O) groups is 1. The average Bonchev–Trinajstić information content (AvgIpc) is 2.58. The highest BCUT2D eigenvalue weighted by atomic mass is 79.9. The predicted octanol–water partition coefficient (Wildman–Crippen LogP) is 3.78. The van der Waals surface area contributed by atoms with Crippen LogP contribution in [0, 0.1) is 13.8 Å². The maximum Gasteiger partial charge on any atom is 0.258 e. The van der Waals surface area contributed by atoms with Gasteiger partial charge >= 0.3 is 0 Å². The van der Waals surface area contributed by atoms with E-state index in [4.69, 9.17) is 9.47 Å². The van der Waals surface area contributed by atoms with Crippen LogP contribution in [-0.2, 0) is 16.1 Å². The van der Waals surface area contributed by atoms with E-state index in [0.29, 0.717) is 25.5 Å². The molecule has 2 aromatic carbocycles. The third kappa shape index (κ3) is 5.98.